The lowest BCUT2D eigenvalue weighted by molar-refractivity contribution is -0.148. The lowest BCUT2D eigenvalue weighted by Gasteiger charge is -2.24. The number of rotatable bonds is 5. The molecule has 164 valence electrons. The minimum atomic E-state index is -4.92. The molecule has 0 fully saturated rings. The van der Waals surface area contributed by atoms with Crippen molar-refractivity contribution >= 4 is 6.03 Å². The topological polar surface area (TPSA) is 54.0 Å². The van der Waals surface area contributed by atoms with Gasteiger partial charge in [0.15, 0.2) is 0 Å². The minimum Gasteiger partial charge on any atom is -0.327 e. The second-order valence-corrected chi connectivity index (χ2v) is 6.23. The molecule has 0 bridgehead atoms. The minimum absolute atomic E-state index is 0.274. The van der Waals surface area contributed by atoms with Crippen LogP contribution in [0.4, 0.5) is 39.9 Å². The van der Waals surface area contributed by atoms with Gasteiger partial charge in [-0.2, -0.15) is 26.3 Å². The Balaban J connectivity index is 2.50. The van der Waals surface area contributed by atoms with E-state index in [9.17, 15) is 39.9 Å². The average Bonchev–Trinajstić information content (AvgIpc) is 2.64. The van der Waals surface area contributed by atoms with Crippen molar-refractivity contribution in [3.63, 3.8) is 0 Å². The summed E-state index contributed by atoms with van der Waals surface area (Å²) in [6, 6.07) is -1.24. The van der Waals surface area contributed by atoms with Gasteiger partial charge in [0.05, 0.1) is 17.3 Å². The largest absolute Gasteiger partial charge is 0.418 e. The summed E-state index contributed by atoms with van der Waals surface area (Å²) in [7, 11) is 0. The molecule has 0 aliphatic carbocycles. The van der Waals surface area contributed by atoms with Crippen LogP contribution in [0.3, 0.4) is 0 Å². The molecule has 0 saturated heterocycles. The van der Waals surface area contributed by atoms with Gasteiger partial charge in [0.1, 0.15) is 18.5 Å². The van der Waals surface area contributed by atoms with Crippen LogP contribution >= 0.6 is 0 Å². The molecule has 2 atom stereocenters. The summed E-state index contributed by atoms with van der Waals surface area (Å²) in [6.07, 6.45) is -8.75. The number of nitrogens with one attached hydrogen (secondary N) is 2. The van der Waals surface area contributed by atoms with Crippen LogP contribution < -0.4 is 10.6 Å². The van der Waals surface area contributed by atoms with Crippen LogP contribution in [-0.2, 0) is 12.9 Å². The molecule has 0 aliphatic heterocycles. The van der Waals surface area contributed by atoms with Crippen molar-refractivity contribution in [1.82, 2.24) is 15.6 Å². The Morgan fingerprint density at radius 2 is 1.77 bits per heavy atom. The van der Waals surface area contributed by atoms with E-state index in [2.05, 4.69) is 4.98 Å². The summed E-state index contributed by atoms with van der Waals surface area (Å²) < 4.78 is 105. The third kappa shape index (κ3) is 5.57. The van der Waals surface area contributed by atoms with Crippen molar-refractivity contribution in [2.45, 2.75) is 38.0 Å². The van der Waals surface area contributed by atoms with Crippen LogP contribution in [0.25, 0.3) is 0 Å². The normalized spacial score (nSPS) is 14.2. The number of aromatic nitrogens is 1. The number of halogens is 8. The second kappa shape index (κ2) is 8.84. The van der Waals surface area contributed by atoms with Gasteiger partial charge in [-0.3, -0.25) is 4.98 Å². The highest BCUT2D eigenvalue weighted by atomic mass is 19.4. The molecule has 2 amide bonds. The number of hydrogen-bond acceptors (Lipinski definition) is 2. The first-order chi connectivity index (χ1) is 13.8. The van der Waals surface area contributed by atoms with Crippen LogP contribution in [0, 0.1) is 5.82 Å². The Morgan fingerprint density at radius 1 is 1.10 bits per heavy atom. The standard InChI is InChI=1S/C18H15F8N3O/c1-9(17(21,22)23)28-16(30)29-14(10-4-5-11(8-19)13(20)7-10)15-12(18(24,25)26)3-2-6-27-15/h2-7,9,14H,8H2,1H3,(H2,28,29,30)/t9-,14+/m1/s1. The molecule has 1 aromatic heterocycles. The first-order valence-electron chi connectivity index (χ1n) is 8.34. The number of urea groups is 1. The van der Waals surface area contributed by atoms with E-state index in [0.29, 0.717) is 19.1 Å². The molecule has 0 radical (unpaired) electrons. The molecule has 0 aliphatic rings. The molecule has 0 spiro atoms. The summed E-state index contributed by atoms with van der Waals surface area (Å²) in [5.74, 6) is -1.10. The molecule has 1 aromatic carbocycles. The molecular weight excluding hydrogens is 426 g/mol. The van der Waals surface area contributed by atoms with E-state index in [1.165, 1.54) is 0 Å². The summed E-state index contributed by atoms with van der Waals surface area (Å²) in [5.41, 5.74) is -2.71. The maximum absolute atomic E-state index is 14.0. The highest BCUT2D eigenvalue weighted by Gasteiger charge is 2.39. The zero-order valence-corrected chi connectivity index (χ0v) is 15.2. The highest BCUT2D eigenvalue weighted by molar-refractivity contribution is 5.75. The number of carbonyl (C=O) groups excluding carboxylic acids is 1. The van der Waals surface area contributed by atoms with Gasteiger partial charge < -0.3 is 10.6 Å². The van der Waals surface area contributed by atoms with E-state index in [-0.39, 0.29) is 11.1 Å². The van der Waals surface area contributed by atoms with Gasteiger partial charge >= 0.3 is 18.4 Å². The smallest absolute Gasteiger partial charge is 0.327 e. The lowest BCUT2D eigenvalue weighted by Crippen LogP contribution is -2.48. The number of benzene rings is 1. The summed E-state index contributed by atoms with van der Waals surface area (Å²) in [4.78, 5) is 15.6. The first-order valence-corrected chi connectivity index (χ1v) is 8.34. The third-order valence-electron chi connectivity index (χ3n) is 4.09. The van der Waals surface area contributed by atoms with Gasteiger partial charge in [0.25, 0.3) is 0 Å². The van der Waals surface area contributed by atoms with E-state index >= 15 is 0 Å². The zero-order valence-electron chi connectivity index (χ0n) is 15.2. The van der Waals surface area contributed by atoms with Crippen LogP contribution in [0.5, 0.6) is 0 Å². The Hall–Kier alpha value is -2.92. The van der Waals surface area contributed by atoms with Crippen LogP contribution in [-0.4, -0.2) is 23.2 Å². The predicted molar refractivity (Wildman–Crippen MR) is 89.5 cm³/mol. The van der Waals surface area contributed by atoms with E-state index in [1.807, 2.05) is 5.32 Å². The molecule has 1 heterocycles. The van der Waals surface area contributed by atoms with Crippen LogP contribution in [0.15, 0.2) is 36.5 Å². The molecule has 12 heteroatoms. The molecular formula is C18H15F8N3O. The van der Waals surface area contributed by atoms with Crippen molar-refractivity contribution in [3.8, 4) is 0 Å². The van der Waals surface area contributed by atoms with Gasteiger partial charge in [-0.15, -0.1) is 0 Å². The predicted octanol–water partition coefficient (Wildman–Crippen LogP) is 5.05. The lowest BCUT2D eigenvalue weighted by atomic mass is 9.97. The van der Waals surface area contributed by atoms with Gasteiger partial charge in [-0.1, -0.05) is 12.1 Å². The first kappa shape index (κ1) is 23.4. The number of carbonyl (C=O) groups is 1. The summed E-state index contributed by atoms with van der Waals surface area (Å²) in [5, 5.41) is 3.50. The van der Waals surface area contributed by atoms with E-state index in [1.54, 1.807) is 5.32 Å². The third-order valence-corrected chi connectivity index (χ3v) is 4.09. The number of amides is 2. The van der Waals surface area contributed by atoms with Gasteiger partial charge in [0.2, 0.25) is 0 Å². The zero-order chi connectivity index (χ0) is 22.7. The summed E-state index contributed by atoms with van der Waals surface area (Å²) >= 11 is 0. The quantitative estimate of drug-likeness (QED) is 0.639. The van der Waals surface area contributed by atoms with Crippen molar-refractivity contribution in [3.05, 3.63) is 64.7 Å². The Bertz CT molecular complexity index is 898. The van der Waals surface area contributed by atoms with Gasteiger partial charge in [-0.05, 0) is 30.7 Å². The van der Waals surface area contributed by atoms with Crippen molar-refractivity contribution < 1.29 is 39.9 Å². The second-order valence-electron chi connectivity index (χ2n) is 6.23. The monoisotopic (exact) mass is 441 g/mol. The highest BCUT2D eigenvalue weighted by Crippen LogP contribution is 2.35. The van der Waals surface area contributed by atoms with E-state index in [0.717, 1.165) is 24.4 Å². The Morgan fingerprint density at radius 3 is 2.30 bits per heavy atom. The van der Waals surface area contributed by atoms with E-state index in [4.69, 9.17) is 0 Å². The summed E-state index contributed by atoms with van der Waals surface area (Å²) in [6.45, 7) is -0.558. The van der Waals surface area contributed by atoms with Crippen molar-refractivity contribution in [1.29, 1.82) is 0 Å². The average molecular weight is 441 g/mol. The fraction of sp³-hybridized carbons (Fsp3) is 0.333. The molecule has 2 aromatic rings. The van der Waals surface area contributed by atoms with Crippen LogP contribution in [0.1, 0.15) is 35.3 Å². The number of nitrogens with zero attached hydrogens (tertiary/aromatic N) is 1. The van der Waals surface area contributed by atoms with E-state index < -0.39 is 54.2 Å². The molecule has 4 nitrogen and oxygen atoms in total. The Kier molecular flexibility index (Phi) is 6.88. The molecule has 0 saturated carbocycles. The fourth-order valence-electron chi connectivity index (χ4n) is 2.50. The number of hydrogen-bond donors (Lipinski definition) is 2. The molecule has 0 unspecified atom stereocenters. The molecule has 2 N–H and O–H groups in total. The van der Waals surface area contributed by atoms with Crippen molar-refractivity contribution in [2.24, 2.45) is 0 Å². The van der Waals surface area contributed by atoms with Gasteiger partial charge in [0, 0.05) is 11.8 Å². The van der Waals surface area contributed by atoms with Crippen LogP contribution in [0.2, 0.25) is 0 Å². The molecule has 30 heavy (non-hydrogen) atoms. The maximum Gasteiger partial charge on any atom is 0.418 e. The van der Waals surface area contributed by atoms with Gasteiger partial charge in [-0.25, -0.2) is 13.6 Å². The van der Waals surface area contributed by atoms with Crippen molar-refractivity contribution in [2.75, 3.05) is 0 Å². The SMILES string of the molecule is C[C@@H](NC(=O)N[C@@H](c1ccc(CF)c(F)c1)c1ncccc1C(F)(F)F)C(F)(F)F. The number of pyridine rings is 1. The maximum atomic E-state index is 14.0. The number of alkyl halides is 7. The molecule has 2 rings (SSSR count). The fourth-order valence-corrected chi connectivity index (χ4v) is 2.50. The Labute approximate surface area is 165 Å².